The third-order valence-electron chi connectivity index (χ3n) is 3.51. The van der Waals surface area contributed by atoms with Gasteiger partial charge < -0.3 is 4.90 Å². The molecular weight excluding hydrogens is 268 g/mol. The maximum absolute atomic E-state index is 12.5. The van der Waals surface area contributed by atoms with Crippen LogP contribution in [0.15, 0.2) is 18.2 Å². The van der Waals surface area contributed by atoms with Gasteiger partial charge in [0.05, 0.1) is 4.92 Å². The van der Waals surface area contributed by atoms with E-state index >= 15 is 0 Å². The second kappa shape index (κ2) is 5.57. The molecule has 1 aliphatic heterocycles. The molecule has 6 heteroatoms. The van der Waals surface area contributed by atoms with Gasteiger partial charge in [0.2, 0.25) is 0 Å². The number of nitrogens with zero attached hydrogens (tertiary/aromatic N) is 2. The summed E-state index contributed by atoms with van der Waals surface area (Å²) in [4.78, 5) is 24.7. The number of rotatable bonds is 3. The summed E-state index contributed by atoms with van der Waals surface area (Å²) in [6.45, 7) is 2.67. The van der Waals surface area contributed by atoms with E-state index in [4.69, 9.17) is 11.6 Å². The summed E-state index contributed by atoms with van der Waals surface area (Å²) in [6, 6.07) is 4.64. The Morgan fingerprint density at radius 2 is 2.32 bits per heavy atom. The van der Waals surface area contributed by atoms with Crippen molar-refractivity contribution >= 4 is 23.2 Å². The van der Waals surface area contributed by atoms with Crippen LogP contribution in [0.25, 0.3) is 0 Å². The molecule has 0 saturated carbocycles. The fraction of sp³-hybridized carbons (Fsp3) is 0.462. The first kappa shape index (κ1) is 13.8. The normalized spacial score (nSPS) is 18.6. The zero-order valence-corrected chi connectivity index (χ0v) is 11.4. The quantitative estimate of drug-likeness (QED) is 0.631. The van der Waals surface area contributed by atoms with Gasteiger partial charge in [0.25, 0.3) is 5.91 Å². The van der Waals surface area contributed by atoms with E-state index in [-0.39, 0.29) is 28.2 Å². The van der Waals surface area contributed by atoms with E-state index in [1.165, 1.54) is 12.1 Å². The molecular formula is C13H15ClN2O3. The van der Waals surface area contributed by atoms with E-state index in [1.807, 2.05) is 6.92 Å². The molecule has 102 valence electrons. The zero-order chi connectivity index (χ0) is 14.0. The average molecular weight is 283 g/mol. The SMILES string of the molecule is CCC1CCCN1C(=O)c1cccc(Cl)c1[N+](=O)[O-]. The first-order valence-corrected chi connectivity index (χ1v) is 6.68. The number of carbonyl (C=O) groups is 1. The van der Waals surface area contributed by atoms with Crippen LogP contribution in [0.1, 0.15) is 36.5 Å². The summed E-state index contributed by atoms with van der Waals surface area (Å²) in [5, 5.41) is 11.1. The number of amides is 1. The highest BCUT2D eigenvalue weighted by atomic mass is 35.5. The lowest BCUT2D eigenvalue weighted by atomic mass is 10.1. The van der Waals surface area contributed by atoms with Gasteiger partial charge in [-0.25, -0.2) is 0 Å². The van der Waals surface area contributed by atoms with E-state index in [2.05, 4.69) is 0 Å². The van der Waals surface area contributed by atoms with Gasteiger partial charge in [-0.05, 0) is 31.4 Å². The fourth-order valence-corrected chi connectivity index (χ4v) is 2.80. The van der Waals surface area contributed by atoms with Crippen LogP contribution in [0, 0.1) is 10.1 Å². The molecule has 1 saturated heterocycles. The van der Waals surface area contributed by atoms with Crippen molar-refractivity contribution in [1.82, 2.24) is 4.90 Å². The lowest BCUT2D eigenvalue weighted by Crippen LogP contribution is -2.35. The van der Waals surface area contributed by atoms with Gasteiger partial charge in [0, 0.05) is 12.6 Å². The van der Waals surface area contributed by atoms with Crippen molar-refractivity contribution in [3.8, 4) is 0 Å². The van der Waals surface area contributed by atoms with Crippen LogP contribution in [0.3, 0.4) is 0 Å². The molecule has 1 amide bonds. The van der Waals surface area contributed by atoms with Crippen LogP contribution in [-0.2, 0) is 0 Å². The summed E-state index contributed by atoms with van der Waals surface area (Å²) < 4.78 is 0. The van der Waals surface area contributed by atoms with E-state index in [9.17, 15) is 14.9 Å². The molecule has 0 radical (unpaired) electrons. The first-order valence-electron chi connectivity index (χ1n) is 6.30. The molecule has 0 bridgehead atoms. The third-order valence-corrected chi connectivity index (χ3v) is 3.81. The molecule has 2 rings (SSSR count). The monoisotopic (exact) mass is 282 g/mol. The van der Waals surface area contributed by atoms with E-state index in [0.29, 0.717) is 6.54 Å². The van der Waals surface area contributed by atoms with Gasteiger partial charge >= 0.3 is 5.69 Å². The van der Waals surface area contributed by atoms with Crippen LogP contribution in [0.4, 0.5) is 5.69 Å². The predicted octanol–water partition coefficient (Wildman–Crippen LogP) is 3.26. The van der Waals surface area contributed by atoms with Crippen molar-refractivity contribution in [2.24, 2.45) is 0 Å². The Balaban J connectivity index is 2.39. The molecule has 1 unspecified atom stereocenters. The highest BCUT2D eigenvalue weighted by molar-refractivity contribution is 6.33. The number of nitro benzene ring substituents is 1. The molecule has 0 spiro atoms. The molecule has 5 nitrogen and oxygen atoms in total. The Morgan fingerprint density at radius 1 is 1.58 bits per heavy atom. The summed E-state index contributed by atoms with van der Waals surface area (Å²) >= 11 is 5.83. The van der Waals surface area contributed by atoms with E-state index in [0.717, 1.165) is 19.3 Å². The number of carbonyl (C=O) groups excluding carboxylic acids is 1. The van der Waals surface area contributed by atoms with Crippen molar-refractivity contribution < 1.29 is 9.72 Å². The van der Waals surface area contributed by atoms with Gasteiger partial charge in [-0.3, -0.25) is 14.9 Å². The minimum atomic E-state index is -0.591. The zero-order valence-electron chi connectivity index (χ0n) is 10.6. The van der Waals surface area contributed by atoms with Crippen LogP contribution in [-0.4, -0.2) is 28.3 Å². The summed E-state index contributed by atoms with van der Waals surface area (Å²) in [6.07, 6.45) is 2.76. The maximum atomic E-state index is 12.5. The molecule has 1 fully saturated rings. The Morgan fingerprint density at radius 3 is 2.95 bits per heavy atom. The topological polar surface area (TPSA) is 63.5 Å². The smallest absolute Gasteiger partial charge is 0.300 e. The van der Waals surface area contributed by atoms with Crippen molar-refractivity contribution in [1.29, 1.82) is 0 Å². The second-order valence-corrected chi connectivity index (χ2v) is 5.00. The van der Waals surface area contributed by atoms with Gasteiger partial charge in [0.1, 0.15) is 10.6 Å². The van der Waals surface area contributed by atoms with Crippen molar-refractivity contribution in [3.63, 3.8) is 0 Å². The van der Waals surface area contributed by atoms with Crippen LogP contribution >= 0.6 is 11.6 Å². The number of nitro groups is 1. The summed E-state index contributed by atoms with van der Waals surface area (Å²) in [5.74, 6) is -0.293. The highest BCUT2D eigenvalue weighted by Crippen LogP contribution is 2.31. The van der Waals surface area contributed by atoms with Gasteiger partial charge in [0.15, 0.2) is 0 Å². The lowest BCUT2D eigenvalue weighted by Gasteiger charge is -2.23. The minimum Gasteiger partial charge on any atom is -0.335 e. The summed E-state index contributed by atoms with van der Waals surface area (Å²) in [7, 11) is 0. The Bertz CT molecular complexity index is 519. The number of hydrogen-bond acceptors (Lipinski definition) is 3. The highest BCUT2D eigenvalue weighted by Gasteiger charge is 2.32. The molecule has 1 aliphatic rings. The van der Waals surface area contributed by atoms with Crippen LogP contribution in [0.2, 0.25) is 5.02 Å². The van der Waals surface area contributed by atoms with Crippen molar-refractivity contribution in [3.05, 3.63) is 38.9 Å². The third kappa shape index (κ3) is 2.56. The van der Waals surface area contributed by atoms with Crippen LogP contribution < -0.4 is 0 Å². The molecule has 1 aromatic rings. The van der Waals surface area contributed by atoms with Crippen LogP contribution in [0.5, 0.6) is 0 Å². The average Bonchev–Trinajstić information content (AvgIpc) is 2.85. The number of likely N-dealkylation sites (tertiary alicyclic amines) is 1. The second-order valence-electron chi connectivity index (χ2n) is 4.60. The Hall–Kier alpha value is -1.62. The molecule has 0 N–H and O–H groups in total. The number of hydrogen-bond donors (Lipinski definition) is 0. The number of benzene rings is 1. The number of para-hydroxylation sites is 1. The molecule has 0 aliphatic carbocycles. The molecule has 1 heterocycles. The largest absolute Gasteiger partial charge is 0.335 e. The lowest BCUT2D eigenvalue weighted by molar-refractivity contribution is -0.385. The standard InChI is InChI=1S/C13H15ClN2O3/c1-2-9-5-4-8-15(9)13(17)10-6-3-7-11(14)12(10)16(18)19/h3,6-7,9H,2,4-5,8H2,1H3. The number of halogens is 1. The Kier molecular flexibility index (Phi) is 4.04. The van der Waals surface area contributed by atoms with Gasteiger partial charge in [-0.2, -0.15) is 0 Å². The van der Waals surface area contributed by atoms with E-state index < -0.39 is 4.92 Å². The van der Waals surface area contributed by atoms with Crippen molar-refractivity contribution in [2.75, 3.05) is 6.54 Å². The van der Waals surface area contributed by atoms with E-state index in [1.54, 1.807) is 11.0 Å². The minimum absolute atomic E-state index is 0.00287. The van der Waals surface area contributed by atoms with Gasteiger partial charge in [-0.1, -0.05) is 24.6 Å². The fourth-order valence-electron chi connectivity index (χ4n) is 2.56. The Labute approximate surface area is 116 Å². The maximum Gasteiger partial charge on any atom is 0.300 e. The summed E-state index contributed by atoms with van der Waals surface area (Å²) in [5.41, 5.74) is -0.214. The van der Waals surface area contributed by atoms with Crippen molar-refractivity contribution in [2.45, 2.75) is 32.2 Å². The molecule has 1 atom stereocenters. The first-order chi connectivity index (χ1) is 9.06. The van der Waals surface area contributed by atoms with Gasteiger partial charge in [-0.15, -0.1) is 0 Å². The molecule has 19 heavy (non-hydrogen) atoms. The molecule has 0 aromatic heterocycles. The molecule has 1 aromatic carbocycles. The predicted molar refractivity (Wildman–Crippen MR) is 72.5 cm³/mol.